The lowest BCUT2D eigenvalue weighted by atomic mass is 10.2. The second-order valence-corrected chi connectivity index (χ2v) is 5.76. The van der Waals surface area contributed by atoms with Gasteiger partial charge in [0.1, 0.15) is 0 Å². The Balaban J connectivity index is 2.11. The minimum Gasteiger partial charge on any atom is -0.399 e. The van der Waals surface area contributed by atoms with Gasteiger partial charge < -0.3 is 5.73 Å². The minimum absolute atomic E-state index is 0.0474. The Morgan fingerprint density at radius 3 is 2.18 bits per heavy atom. The van der Waals surface area contributed by atoms with Crippen molar-refractivity contribution in [1.29, 1.82) is 0 Å². The highest BCUT2D eigenvalue weighted by atomic mass is 127. The van der Waals surface area contributed by atoms with E-state index in [1.165, 1.54) is 11.8 Å². The smallest absolute Gasteiger partial charge is 0.224 e. The molecule has 2 aromatic rings. The van der Waals surface area contributed by atoms with Gasteiger partial charge in [-0.05, 0) is 82.9 Å². The lowest BCUT2D eigenvalue weighted by Gasteiger charge is -2.01. The fourth-order valence-corrected chi connectivity index (χ4v) is 2.39. The third kappa shape index (κ3) is 3.47. The Hall–Kier alpha value is -1.01. The predicted molar refractivity (Wildman–Crippen MR) is 80.2 cm³/mol. The standard InChI is InChI=1S/C13H10INOS/c14-10-3-1-9(2-4-10)13(16)17-12-7-5-11(15)6-8-12/h1-8H,15H2. The van der Waals surface area contributed by atoms with Gasteiger partial charge in [-0.25, -0.2) is 0 Å². The Morgan fingerprint density at radius 1 is 1.00 bits per heavy atom. The van der Waals surface area contributed by atoms with Crippen molar-refractivity contribution in [3.63, 3.8) is 0 Å². The zero-order chi connectivity index (χ0) is 12.3. The number of thioether (sulfide) groups is 1. The van der Waals surface area contributed by atoms with Crippen molar-refractivity contribution in [2.75, 3.05) is 5.73 Å². The van der Waals surface area contributed by atoms with Crippen molar-refractivity contribution in [3.8, 4) is 0 Å². The number of nitrogen functional groups attached to an aromatic ring is 1. The first-order valence-corrected chi connectivity index (χ1v) is 6.88. The number of carbonyl (C=O) groups excluding carboxylic acids is 1. The van der Waals surface area contributed by atoms with E-state index in [-0.39, 0.29) is 5.12 Å². The molecule has 0 bridgehead atoms. The highest BCUT2D eigenvalue weighted by molar-refractivity contribution is 14.1. The van der Waals surface area contributed by atoms with E-state index in [4.69, 9.17) is 5.73 Å². The first kappa shape index (κ1) is 12.4. The molecule has 86 valence electrons. The molecule has 17 heavy (non-hydrogen) atoms. The molecule has 0 fully saturated rings. The van der Waals surface area contributed by atoms with E-state index in [2.05, 4.69) is 22.6 Å². The zero-order valence-electron chi connectivity index (χ0n) is 8.89. The number of anilines is 1. The highest BCUT2D eigenvalue weighted by Gasteiger charge is 2.07. The molecule has 0 aliphatic carbocycles. The van der Waals surface area contributed by atoms with E-state index in [0.29, 0.717) is 11.3 Å². The number of nitrogens with two attached hydrogens (primary N) is 1. The van der Waals surface area contributed by atoms with Crippen LogP contribution in [-0.2, 0) is 0 Å². The van der Waals surface area contributed by atoms with Gasteiger partial charge in [-0.2, -0.15) is 0 Å². The van der Waals surface area contributed by atoms with Crippen molar-refractivity contribution in [2.45, 2.75) is 4.90 Å². The van der Waals surface area contributed by atoms with Gasteiger partial charge in [-0.3, -0.25) is 4.79 Å². The second-order valence-electron chi connectivity index (χ2n) is 3.47. The largest absolute Gasteiger partial charge is 0.399 e. The van der Waals surface area contributed by atoms with Gasteiger partial charge in [0.2, 0.25) is 5.12 Å². The summed E-state index contributed by atoms with van der Waals surface area (Å²) < 4.78 is 1.12. The summed E-state index contributed by atoms with van der Waals surface area (Å²) in [5, 5.41) is 0.0474. The molecule has 0 aliphatic rings. The lowest BCUT2D eigenvalue weighted by molar-refractivity contribution is 0.108. The number of halogens is 1. The molecular weight excluding hydrogens is 345 g/mol. The molecule has 2 nitrogen and oxygen atoms in total. The first-order valence-electron chi connectivity index (χ1n) is 4.98. The van der Waals surface area contributed by atoms with Gasteiger partial charge in [-0.1, -0.05) is 0 Å². The normalized spacial score (nSPS) is 10.2. The minimum atomic E-state index is 0.0474. The summed E-state index contributed by atoms with van der Waals surface area (Å²) >= 11 is 3.43. The van der Waals surface area contributed by atoms with Crippen LogP contribution < -0.4 is 5.73 Å². The van der Waals surface area contributed by atoms with E-state index in [1.807, 2.05) is 36.4 Å². The molecular formula is C13H10INOS. The summed E-state index contributed by atoms with van der Waals surface area (Å²) in [6.45, 7) is 0. The van der Waals surface area contributed by atoms with E-state index in [1.54, 1.807) is 12.1 Å². The Labute approximate surface area is 118 Å². The van der Waals surface area contributed by atoms with Gasteiger partial charge in [-0.15, -0.1) is 0 Å². The number of hydrogen-bond acceptors (Lipinski definition) is 3. The average molecular weight is 355 g/mol. The van der Waals surface area contributed by atoms with E-state index >= 15 is 0 Å². The molecule has 0 atom stereocenters. The molecule has 0 amide bonds. The van der Waals surface area contributed by atoms with Crippen LogP contribution in [0.5, 0.6) is 0 Å². The van der Waals surface area contributed by atoms with Gasteiger partial charge in [0, 0.05) is 19.7 Å². The monoisotopic (exact) mass is 355 g/mol. The molecule has 0 saturated carbocycles. The molecule has 2 aromatic carbocycles. The van der Waals surface area contributed by atoms with E-state index < -0.39 is 0 Å². The summed E-state index contributed by atoms with van der Waals surface area (Å²) in [6, 6.07) is 14.8. The quantitative estimate of drug-likeness (QED) is 0.506. The van der Waals surface area contributed by atoms with Crippen molar-refractivity contribution in [2.24, 2.45) is 0 Å². The van der Waals surface area contributed by atoms with E-state index in [0.717, 1.165) is 8.47 Å². The van der Waals surface area contributed by atoms with Gasteiger partial charge in [0.25, 0.3) is 0 Å². The third-order valence-electron chi connectivity index (χ3n) is 2.17. The number of benzene rings is 2. The molecule has 4 heteroatoms. The number of carbonyl (C=O) groups is 1. The molecule has 2 N–H and O–H groups in total. The third-order valence-corrected chi connectivity index (χ3v) is 3.82. The molecule has 0 spiro atoms. The number of rotatable bonds is 2. The average Bonchev–Trinajstić information content (AvgIpc) is 2.33. The molecule has 0 unspecified atom stereocenters. The van der Waals surface area contributed by atoms with Crippen LogP contribution in [0.1, 0.15) is 10.4 Å². The second kappa shape index (κ2) is 5.55. The van der Waals surface area contributed by atoms with Gasteiger partial charge in [0.15, 0.2) is 0 Å². The van der Waals surface area contributed by atoms with Crippen LogP contribution in [0.3, 0.4) is 0 Å². The summed E-state index contributed by atoms with van der Waals surface area (Å²) in [7, 11) is 0. The summed E-state index contributed by atoms with van der Waals surface area (Å²) in [6.07, 6.45) is 0. The van der Waals surface area contributed by atoms with Crippen LogP contribution in [0.2, 0.25) is 0 Å². The molecule has 0 aromatic heterocycles. The maximum absolute atomic E-state index is 11.9. The Morgan fingerprint density at radius 2 is 1.59 bits per heavy atom. The summed E-state index contributed by atoms with van der Waals surface area (Å²) in [5.74, 6) is 0. The van der Waals surface area contributed by atoms with Crippen LogP contribution in [-0.4, -0.2) is 5.12 Å². The predicted octanol–water partition coefficient (Wildman–Crippen LogP) is 3.81. The molecule has 0 heterocycles. The fraction of sp³-hybridized carbons (Fsp3) is 0. The highest BCUT2D eigenvalue weighted by Crippen LogP contribution is 2.23. The van der Waals surface area contributed by atoms with Crippen LogP contribution in [0.15, 0.2) is 53.4 Å². The van der Waals surface area contributed by atoms with Crippen molar-refractivity contribution in [1.82, 2.24) is 0 Å². The molecule has 0 aliphatic heterocycles. The zero-order valence-corrected chi connectivity index (χ0v) is 11.9. The lowest BCUT2D eigenvalue weighted by Crippen LogP contribution is -1.93. The maximum atomic E-state index is 11.9. The topological polar surface area (TPSA) is 43.1 Å². The van der Waals surface area contributed by atoms with Gasteiger partial charge >= 0.3 is 0 Å². The summed E-state index contributed by atoms with van der Waals surface area (Å²) in [4.78, 5) is 12.8. The first-order chi connectivity index (χ1) is 8.15. The molecule has 2 rings (SSSR count). The molecule has 0 saturated heterocycles. The van der Waals surface area contributed by atoms with Crippen molar-refractivity contribution in [3.05, 3.63) is 57.7 Å². The van der Waals surface area contributed by atoms with Crippen molar-refractivity contribution >= 4 is 45.2 Å². The number of hydrogen-bond donors (Lipinski definition) is 1. The van der Waals surface area contributed by atoms with E-state index in [9.17, 15) is 4.79 Å². The fourth-order valence-electron chi connectivity index (χ4n) is 1.29. The SMILES string of the molecule is Nc1ccc(SC(=O)c2ccc(I)cc2)cc1. The van der Waals surface area contributed by atoms with Crippen LogP contribution >= 0.6 is 34.4 Å². The summed E-state index contributed by atoms with van der Waals surface area (Å²) in [5.41, 5.74) is 7.01. The van der Waals surface area contributed by atoms with Crippen molar-refractivity contribution < 1.29 is 4.79 Å². The van der Waals surface area contributed by atoms with Crippen LogP contribution in [0.4, 0.5) is 5.69 Å². The van der Waals surface area contributed by atoms with Crippen LogP contribution in [0, 0.1) is 3.57 Å². The Kier molecular flexibility index (Phi) is 4.06. The van der Waals surface area contributed by atoms with Crippen LogP contribution in [0.25, 0.3) is 0 Å². The maximum Gasteiger partial charge on any atom is 0.224 e. The molecule has 0 radical (unpaired) electrons. The Bertz CT molecular complexity index is 522. The van der Waals surface area contributed by atoms with Gasteiger partial charge in [0.05, 0.1) is 0 Å².